The lowest BCUT2D eigenvalue weighted by Crippen LogP contribution is -2.55. The van der Waals surface area contributed by atoms with Crippen LogP contribution >= 0.6 is 0 Å². The zero-order valence-electron chi connectivity index (χ0n) is 10.3. The molecule has 0 saturated heterocycles. The van der Waals surface area contributed by atoms with E-state index in [4.69, 9.17) is 0 Å². The average Bonchev–Trinajstić information content (AvgIpc) is 2.48. The number of halogens is 5. The molecule has 1 heterocycles. The predicted molar refractivity (Wildman–Crippen MR) is 54.6 cm³/mol. The minimum atomic E-state index is -2.30. The van der Waals surface area contributed by atoms with Crippen molar-refractivity contribution in [3.63, 3.8) is 0 Å². The number of rotatable bonds is 2. The average molecular weight is 296 g/mol. The van der Waals surface area contributed by atoms with Crippen molar-refractivity contribution in [1.82, 2.24) is 0 Å². The van der Waals surface area contributed by atoms with Gasteiger partial charge in [0.15, 0.2) is 0 Å². The topological polar surface area (TPSA) is 30.2 Å². The van der Waals surface area contributed by atoms with Gasteiger partial charge in [-0.1, -0.05) is 19.3 Å². The van der Waals surface area contributed by atoms with E-state index in [1.165, 1.54) is 0 Å². The standard InChI is InChI=1S/C12H11F5NO2/c13-7-8(14)10(16)18(11(17)9(7)15)20-12(19)6-4-2-1-3-5-6/h6H,1-5H2/q+1. The Morgan fingerprint density at radius 1 is 0.900 bits per heavy atom. The van der Waals surface area contributed by atoms with Crippen LogP contribution in [0.25, 0.3) is 0 Å². The number of carbonyl (C=O) groups is 1. The van der Waals surface area contributed by atoms with E-state index in [0.29, 0.717) is 12.8 Å². The van der Waals surface area contributed by atoms with Crippen molar-refractivity contribution in [2.45, 2.75) is 32.1 Å². The lowest BCUT2D eigenvalue weighted by atomic mass is 9.89. The van der Waals surface area contributed by atoms with Crippen molar-refractivity contribution in [2.75, 3.05) is 0 Å². The normalized spacial score (nSPS) is 16.2. The minimum Gasteiger partial charge on any atom is -0.244 e. The third-order valence-corrected chi connectivity index (χ3v) is 3.22. The van der Waals surface area contributed by atoms with Crippen LogP contribution in [0.4, 0.5) is 22.0 Å². The van der Waals surface area contributed by atoms with E-state index < -0.39 is 46.0 Å². The lowest BCUT2D eigenvalue weighted by Gasteiger charge is -2.17. The Labute approximate surface area is 110 Å². The van der Waals surface area contributed by atoms with E-state index in [9.17, 15) is 26.7 Å². The maximum absolute atomic E-state index is 13.3. The molecular weight excluding hydrogens is 285 g/mol. The Bertz CT molecular complexity index is 514. The molecule has 0 unspecified atom stereocenters. The smallest absolute Gasteiger partial charge is 0.244 e. The summed E-state index contributed by atoms with van der Waals surface area (Å²) in [6.45, 7) is 0. The van der Waals surface area contributed by atoms with E-state index >= 15 is 0 Å². The van der Waals surface area contributed by atoms with Crippen LogP contribution in [0.15, 0.2) is 0 Å². The third kappa shape index (κ3) is 2.59. The van der Waals surface area contributed by atoms with Crippen LogP contribution in [0.3, 0.4) is 0 Å². The van der Waals surface area contributed by atoms with Gasteiger partial charge < -0.3 is 0 Å². The molecule has 0 atom stereocenters. The number of hydrogen-bond acceptors (Lipinski definition) is 2. The second-order valence-electron chi connectivity index (χ2n) is 4.56. The zero-order chi connectivity index (χ0) is 14.9. The van der Waals surface area contributed by atoms with E-state index in [2.05, 4.69) is 4.84 Å². The van der Waals surface area contributed by atoms with Crippen molar-refractivity contribution in [3.8, 4) is 0 Å². The summed E-state index contributed by atoms with van der Waals surface area (Å²) < 4.78 is 64.6. The van der Waals surface area contributed by atoms with Crippen LogP contribution in [0.1, 0.15) is 32.1 Å². The van der Waals surface area contributed by atoms with Gasteiger partial charge in [-0.2, -0.15) is 18.0 Å². The van der Waals surface area contributed by atoms with E-state index in [0.717, 1.165) is 19.3 Å². The number of nitrogens with zero attached hydrogens (tertiary/aromatic N) is 1. The summed E-state index contributed by atoms with van der Waals surface area (Å²) in [6.07, 6.45) is 3.37. The van der Waals surface area contributed by atoms with Gasteiger partial charge in [-0.25, -0.2) is 4.79 Å². The highest BCUT2D eigenvalue weighted by atomic mass is 19.2. The highest BCUT2D eigenvalue weighted by Gasteiger charge is 2.38. The molecule has 0 bridgehead atoms. The van der Waals surface area contributed by atoms with Crippen LogP contribution in [-0.4, -0.2) is 5.97 Å². The molecule has 1 saturated carbocycles. The molecule has 1 aromatic rings. The Balaban J connectivity index is 2.27. The summed E-state index contributed by atoms with van der Waals surface area (Å²) in [5.74, 6) is -12.7. The van der Waals surface area contributed by atoms with Crippen LogP contribution in [-0.2, 0) is 4.79 Å². The summed E-state index contributed by atoms with van der Waals surface area (Å²) in [5.41, 5.74) is 0. The molecule has 0 aromatic carbocycles. The van der Waals surface area contributed by atoms with Crippen LogP contribution in [0, 0.1) is 35.3 Å². The molecule has 1 aliphatic rings. The van der Waals surface area contributed by atoms with Crippen molar-refractivity contribution in [1.29, 1.82) is 0 Å². The van der Waals surface area contributed by atoms with Crippen molar-refractivity contribution >= 4 is 5.97 Å². The van der Waals surface area contributed by atoms with Gasteiger partial charge in [-0.05, 0) is 12.8 Å². The first-order valence-electron chi connectivity index (χ1n) is 6.09. The van der Waals surface area contributed by atoms with Crippen molar-refractivity contribution < 1.29 is 36.3 Å². The van der Waals surface area contributed by atoms with E-state index in [1.807, 2.05) is 0 Å². The van der Waals surface area contributed by atoms with Gasteiger partial charge in [0, 0.05) is 0 Å². The molecule has 110 valence electrons. The number of carbonyl (C=O) groups excluding carboxylic acids is 1. The molecule has 0 N–H and O–H groups in total. The largest absolute Gasteiger partial charge is 0.452 e. The molecule has 1 fully saturated rings. The molecule has 8 heteroatoms. The molecule has 0 aliphatic heterocycles. The van der Waals surface area contributed by atoms with Gasteiger partial charge in [0.2, 0.25) is 5.82 Å². The summed E-state index contributed by atoms with van der Waals surface area (Å²) in [5, 5.41) is 0. The van der Waals surface area contributed by atoms with Gasteiger partial charge in [0.25, 0.3) is 11.6 Å². The molecule has 0 radical (unpaired) electrons. The molecule has 2 rings (SSSR count). The van der Waals surface area contributed by atoms with E-state index in [-0.39, 0.29) is 0 Å². The molecule has 0 amide bonds. The van der Waals surface area contributed by atoms with Gasteiger partial charge in [-0.3, -0.25) is 0 Å². The van der Waals surface area contributed by atoms with Crippen molar-refractivity contribution in [2.24, 2.45) is 5.92 Å². The Kier molecular flexibility index (Phi) is 4.20. The lowest BCUT2D eigenvalue weighted by molar-refractivity contribution is -0.911. The maximum Gasteiger partial charge on any atom is 0.452 e. The van der Waals surface area contributed by atoms with Gasteiger partial charge >= 0.3 is 17.9 Å². The number of hydrogen-bond donors (Lipinski definition) is 0. The van der Waals surface area contributed by atoms with Crippen LogP contribution in [0.2, 0.25) is 0 Å². The monoisotopic (exact) mass is 296 g/mol. The molecular formula is C12H11F5NO2+. The highest BCUT2D eigenvalue weighted by Crippen LogP contribution is 2.23. The fourth-order valence-corrected chi connectivity index (χ4v) is 2.12. The molecule has 1 aliphatic carbocycles. The minimum absolute atomic E-state index is 0.467. The van der Waals surface area contributed by atoms with Crippen LogP contribution in [0.5, 0.6) is 0 Å². The van der Waals surface area contributed by atoms with Crippen molar-refractivity contribution in [3.05, 3.63) is 29.3 Å². The Hall–Kier alpha value is -1.73. The summed E-state index contributed by atoms with van der Waals surface area (Å²) in [6, 6.07) is 0. The fraction of sp³-hybridized carbons (Fsp3) is 0.500. The Morgan fingerprint density at radius 2 is 1.40 bits per heavy atom. The SMILES string of the molecule is O=C(O[n+]1c(F)c(F)c(F)c(F)c1F)C1CCCCC1. The fourth-order valence-electron chi connectivity index (χ4n) is 2.12. The predicted octanol–water partition coefficient (Wildman–Crippen LogP) is 2.21. The zero-order valence-corrected chi connectivity index (χ0v) is 10.3. The molecule has 3 nitrogen and oxygen atoms in total. The maximum atomic E-state index is 13.3. The third-order valence-electron chi connectivity index (χ3n) is 3.22. The number of pyridine rings is 1. The van der Waals surface area contributed by atoms with Gasteiger partial charge in [0.1, 0.15) is 0 Å². The van der Waals surface area contributed by atoms with Gasteiger partial charge in [0.05, 0.1) is 10.6 Å². The quantitative estimate of drug-likeness (QED) is 0.476. The first-order valence-corrected chi connectivity index (χ1v) is 6.09. The van der Waals surface area contributed by atoms with Crippen LogP contribution < -0.4 is 9.57 Å². The molecule has 0 spiro atoms. The second kappa shape index (κ2) is 5.72. The van der Waals surface area contributed by atoms with E-state index in [1.54, 1.807) is 0 Å². The molecule has 1 aromatic heterocycles. The first-order chi connectivity index (χ1) is 9.43. The second-order valence-corrected chi connectivity index (χ2v) is 4.56. The van der Waals surface area contributed by atoms with Gasteiger partial charge in [-0.15, -0.1) is 8.78 Å². The number of aromatic nitrogens is 1. The summed E-state index contributed by atoms with van der Waals surface area (Å²) >= 11 is 0. The summed E-state index contributed by atoms with van der Waals surface area (Å²) in [7, 11) is 0. The Morgan fingerprint density at radius 3 is 1.90 bits per heavy atom. The first kappa shape index (κ1) is 14.7. The summed E-state index contributed by atoms with van der Waals surface area (Å²) in [4.78, 5) is 16.0. The molecule has 20 heavy (non-hydrogen) atoms. The highest BCUT2D eigenvalue weighted by molar-refractivity contribution is 5.72.